The third-order valence-electron chi connectivity index (χ3n) is 2.83. The molecule has 0 unspecified atom stereocenters. The number of hydrogen-bond donors (Lipinski definition) is 1. The molecule has 1 aromatic carbocycles. The van der Waals surface area contributed by atoms with Gasteiger partial charge in [0.15, 0.2) is 0 Å². The van der Waals surface area contributed by atoms with Gasteiger partial charge < -0.3 is 5.32 Å². The second-order valence-electron chi connectivity index (χ2n) is 4.70. The summed E-state index contributed by atoms with van der Waals surface area (Å²) in [5, 5.41) is 3.15. The molecule has 0 saturated carbocycles. The first-order chi connectivity index (χ1) is 9.08. The van der Waals surface area contributed by atoms with Gasteiger partial charge in [-0.05, 0) is 23.8 Å². The summed E-state index contributed by atoms with van der Waals surface area (Å²) in [5.74, 6) is -0.691. The van der Waals surface area contributed by atoms with E-state index in [-0.39, 0.29) is 11.9 Å². The highest BCUT2D eigenvalue weighted by molar-refractivity contribution is 5.64. The van der Waals surface area contributed by atoms with Crippen LogP contribution in [-0.2, 0) is 6.54 Å². The molecule has 1 N–H and O–H groups in total. The van der Waals surface area contributed by atoms with Crippen LogP contribution in [0, 0.1) is 11.6 Å². The van der Waals surface area contributed by atoms with E-state index in [2.05, 4.69) is 10.3 Å². The monoisotopic (exact) mass is 262 g/mol. The van der Waals surface area contributed by atoms with Crippen molar-refractivity contribution in [2.75, 3.05) is 0 Å². The quantitative estimate of drug-likeness (QED) is 0.911. The predicted molar refractivity (Wildman–Crippen MR) is 71.6 cm³/mol. The van der Waals surface area contributed by atoms with Gasteiger partial charge in [0.1, 0.15) is 11.6 Å². The second kappa shape index (κ2) is 5.89. The Morgan fingerprint density at radius 2 is 1.95 bits per heavy atom. The highest BCUT2D eigenvalue weighted by Gasteiger charge is 2.09. The maximum absolute atomic E-state index is 13.7. The summed E-state index contributed by atoms with van der Waals surface area (Å²) in [7, 11) is 0. The van der Waals surface area contributed by atoms with Crippen molar-refractivity contribution in [1.29, 1.82) is 0 Å². The summed E-state index contributed by atoms with van der Waals surface area (Å²) < 4.78 is 27.3. The van der Waals surface area contributed by atoms with Crippen LogP contribution in [0.5, 0.6) is 0 Å². The third kappa shape index (κ3) is 3.35. The van der Waals surface area contributed by atoms with E-state index >= 15 is 0 Å². The Bertz CT molecular complexity index is 568. The number of rotatable bonds is 4. The Morgan fingerprint density at radius 1 is 1.16 bits per heavy atom. The van der Waals surface area contributed by atoms with Gasteiger partial charge in [-0.15, -0.1) is 0 Å². The van der Waals surface area contributed by atoms with Gasteiger partial charge in [0.25, 0.3) is 0 Å². The number of pyridine rings is 1. The molecular formula is C15H16F2N2. The standard InChI is InChI=1S/C15H16F2N2/c1-10(2)19-8-12-7-11(3-4-14(12)16)13-5-6-18-9-15(13)17/h3-7,9-10,19H,8H2,1-2H3. The SMILES string of the molecule is CC(C)NCc1cc(-c2ccncc2F)ccc1F. The minimum Gasteiger partial charge on any atom is -0.310 e. The summed E-state index contributed by atoms with van der Waals surface area (Å²) in [5.41, 5.74) is 1.62. The average Bonchev–Trinajstić information content (AvgIpc) is 2.38. The van der Waals surface area contributed by atoms with Crippen LogP contribution in [0.25, 0.3) is 11.1 Å². The minimum atomic E-state index is -0.406. The molecule has 2 rings (SSSR count). The zero-order valence-electron chi connectivity index (χ0n) is 11.0. The summed E-state index contributed by atoms with van der Waals surface area (Å²) in [6, 6.07) is 6.46. The van der Waals surface area contributed by atoms with Crippen LogP contribution in [0.2, 0.25) is 0 Å². The van der Waals surface area contributed by atoms with E-state index in [4.69, 9.17) is 0 Å². The predicted octanol–water partition coefficient (Wildman–Crippen LogP) is 3.52. The van der Waals surface area contributed by atoms with Crippen molar-refractivity contribution in [2.45, 2.75) is 26.4 Å². The van der Waals surface area contributed by atoms with Crippen LogP contribution in [0.15, 0.2) is 36.7 Å². The number of hydrogen-bond acceptors (Lipinski definition) is 2. The van der Waals surface area contributed by atoms with Crippen LogP contribution in [0.4, 0.5) is 8.78 Å². The molecule has 19 heavy (non-hydrogen) atoms. The summed E-state index contributed by atoms with van der Waals surface area (Å²) in [6.07, 6.45) is 2.68. The fourth-order valence-electron chi connectivity index (χ4n) is 1.80. The van der Waals surface area contributed by atoms with Crippen LogP contribution in [-0.4, -0.2) is 11.0 Å². The zero-order chi connectivity index (χ0) is 13.8. The van der Waals surface area contributed by atoms with Crippen molar-refractivity contribution >= 4 is 0 Å². The van der Waals surface area contributed by atoms with E-state index in [0.29, 0.717) is 23.2 Å². The van der Waals surface area contributed by atoms with Gasteiger partial charge >= 0.3 is 0 Å². The molecule has 100 valence electrons. The molecule has 2 nitrogen and oxygen atoms in total. The lowest BCUT2D eigenvalue weighted by Gasteiger charge is -2.11. The van der Waals surface area contributed by atoms with Gasteiger partial charge in [0.2, 0.25) is 0 Å². The Morgan fingerprint density at radius 3 is 2.63 bits per heavy atom. The van der Waals surface area contributed by atoms with E-state index in [9.17, 15) is 8.78 Å². The van der Waals surface area contributed by atoms with Crippen LogP contribution in [0.1, 0.15) is 19.4 Å². The second-order valence-corrected chi connectivity index (χ2v) is 4.70. The van der Waals surface area contributed by atoms with Crippen molar-refractivity contribution in [3.63, 3.8) is 0 Å². The molecular weight excluding hydrogens is 246 g/mol. The summed E-state index contributed by atoms with van der Waals surface area (Å²) >= 11 is 0. The zero-order valence-corrected chi connectivity index (χ0v) is 11.0. The Hall–Kier alpha value is -1.81. The molecule has 2 aromatic rings. The molecule has 1 aromatic heterocycles. The number of benzene rings is 1. The lowest BCUT2D eigenvalue weighted by Crippen LogP contribution is -2.22. The highest BCUT2D eigenvalue weighted by Crippen LogP contribution is 2.24. The fraction of sp³-hybridized carbons (Fsp3) is 0.267. The molecule has 1 heterocycles. The van der Waals surface area contributed by atoms with E-state index < -0.39 is 5.82 Å². The van der Waals surface area contributed by atoms with E-state index in [1.165, 1.54) is 12.3 Å². The first kappa shape index (κ1) is 13.6. The molecule has 0 aliphatic heterocycles. The lowest BCUT2D eigenvalue weighted by molar-refractivity contribution is 0.553. The summed E-state index contributed by atoms with van der Waals surface area (Å²) in [4.78, 5) is 3.71. The molecule has 0 fully saturated rings. The van der Waals surface area contributed by atoms with E-state index in [0.717, 1.165) is 6.20 Å². The minimum absolute atomic E-state index is 0.265. The van der Waals surface area contributed by atoms with Crippen molar-refractivity contribution in [1.82, 2.24) is 10.3 Å². The number of aromatic nitrogens is 1. The van der Waals surface area contributed by atoms with Gasteiger partial charge in [-0.3, -0.25) is 4.98 Å². The fourth-order valence-corrected chi connectivity index (χ4v) is 1.80. The molecule has 0 aliphatic rings. The van der Waals surface area contributed by atoms with Gasteiger partial charge in [0.05, 0.1) is 6.20 Å². The Balaban J connectivity index is 2.33. The van der Waals surface area contributed by atoms with Crippen LogP contribution < -0.4 is 5.32 Å². The van der Waals surface area contributed by atoms with Crippen molar-refractivity contribution in [2.24, 2.45) is 0 Å². The van der Waals surface area contributed by atoms with Crippen molar-refractivity contribution < 1.29 is 8.78 Å². The smallest absolute Gasteiger partial charge is 0.149 e. The van der Waals surface area contributed by atoms with Crippen molar-refractivity contribution in [3.05, 3.63) is 53.9 Å². The van der Waals surface area contributed by atoms with Gasteiger partial charge in [0, 0.05) is 29.9 Å². The van der Waals surface area contributed by atoms with E-state index in [1.54, 1.807) is 18.2 Å². The van der Waals surface area contributed by atoms with Crippen LogP contribution >= 0.6 is 0 Å². The topological polar surface area (TPSA) is 24.9 Å². The normalized spacial score (nSPS) is 11.0. The number of halogens is 2. The van der Waals surface area contributed by atoms with Crippen molar-refractivity contribution in [3.8, 4) is 11.1 Å². The maximum atomic E-state index is 13.7. The molecule has 0 radical (unpaired) electrons. The first-order valence-electron chi connectivity index (χ1n) is 6.19. The largest absolute Gasteiger partial charge is 0.310 e. The van der Waals surface area contributed by atoms with Gasteiger partial charge in [-0.1, -0.05) is 19.9 Å². The molecule has 0 atom stereocenters. The molecule has 0 amide bonds. The van der Waals surface area contributed by atoms with E-state index in [1.807, 2.05) is 13.8 Å². The Labute approximate surface area is 111 Å². The third-order valence-corrected chi connectivity index (χ3v) is 2.83. The maximum Gasteiger partial charge on any atom is 0.149 e. The van der Waals surface area contributed by atoms with Gasteiger partial charge in [-0.25, -0.2) is 8.78 Å². The Kier molecular flexibility index (Phi) is 4.22. The highest BCUT2D eigenvalue weighted by atomic mass is 19.1. The first-order valence-corrected chi connectivity index (χ1v) is 6.19. The number of nitrogens with zero attached hydrogens (tertiary/aromatic N) is 1. The molecule has 0 saturated heterocycles. The van der Waals surface area contributed by atoms with Gasteiger partial charge in [-0.2, -0.15) is 0 Å². The molecule has 4 heteroatoms. The summed E-state index contributed by atoms with van der Waals surface area (Å²) in [6.45, 7) is 4.40. The lowest BCUT2D eigenvalue weighted by atomic mass is 10.0. The molecule has 0 aliphatic carbocycles. The molecule has 0 bridgehead atoms. The average molecular weight is 262 g/mol. The van der Waals surface area contributed by atoms with Crippen LogP contribution in [0.3, 0.4) is 0 Å². The molecule has 0 spiro atoms. The number of nitrogens with one attached hydrogen (secondary N) is 1.